The van der Waals surface area contributed by atoms with Crippen LogP contribution in [0.5, 0.6) is 5.75 Å². The van der Waals surface area contributed by atoms with Crippen molar-refractivity contribution in [2.24, 2.45) is 0 Å². The van der Waals surface area contributed by atoms with Crippen LogP contribution in [0.15, 0.2) is 23.1 Å². The number of nitrogens with one attached hydrogen (secondary N) is 1. The highest BCUT2D eigenvalue weighted by atomic mass is 32.2. The molecular weight excluding hydrogens is 294 g/mol. The smallest absolute Gasteiger partial charge is 0.262 e. The second-order valence-corrected chi connectivity index (χ2v) is 7.14. The first kappa shape index (κ1) is 14.3. The van der Waals surface area contributed by atoms with Crippen molar-refractivity contribution in [3.8, 4) is 5.75 Å². The molecule has 0 unspecified atom stereocenters. The van der Waals surface area contributed by atoms with E-state index in [9.17, 15) is 13.2 Å². The van der Waals surface area contributed by atoms with Crippen molar-refractivity contribution in [2.45, 2.75) is 4.90 Å². The number of likely N-dealkylation sites (N-methyl/N-ethyl adjacent to an activating group) is 1. The van der Waals surface area contributed by atoms with Crippen LogP contribution in [0.25, 0.3) is 0 Å². The molecule has 0 radical (unpaired) electrons. The van der Waals surface area contributed by atoms with Gasteiger partial charge in [-0.2, -0.15) is 4.31 Å². The number of sulfonamides is 1. The van der Waals surface area contributed by atoms with Gasteiger partial charge >= 0.3 is 0 Å². The standard InChI is InChI=1S/C13H17N3O4S/c1-15-4-6-16(7-5-15)21(18,19)10-2-3-11-12(8-10)20-9-13(17)14-11/h2-3,8H,4-7,9H2,1H3,(H,14,17). The number of ether oxygens (including phenoxy) is 1. The maximum atomic E-state index is 12.6. The van der Waals surface area contributed by atoms with E-state index >= 15 is 0 Å². The number of anilines is 1. The molecule has 1 aromatic carbocycles. The van der Waals surface area contributed by atoms with Gasteiger partial charge in [0.15, 0.2) is 6.61 Å². The van der Waals surface area contributed by atoms with Gasteiger partial charge < -0.3 is 15.0 Å². The van der Waals surface area contributed by atoms with E-state index in [4.69, 9.17) is 4.74 Å². The summed E-state index contributed by atoms with van der Waals surface area (Å²) in [5, 5.41) is 2.64. The van der Waals surface area contributed by atoms with Crippen LogP contribution in [-0.4, -0.2) is 63.4 Å². The third kappa shape index (κ3) is 2.74. The predicted octanol–water partition coefficient (Wildman–Crippen LogP) is -0.0464. The number of nitrogens with zero attached hydrogens (tertiary/aromatic N) is 2. The van der Waals surface area contributed by atoms with Crippen LogP contribution < -0.4 is 10.1 Å². The van der Waals surface area contributed by atoms with E-state index in [2.05, 4.69) is 10.2 Å². The van der Waals surface area contributed by atoms with Crippen molar-refractivity contribution in [3.05, 3.63) is 18.2 Å². The molecule has 21 heavy (non-hydrogen) atoms. The van der Waals surface area contributed by atoms with Crippen LogP contribution in [-0.2, 0) is 14.8 Å². The Hall–Kier alpha value is -1.64. The molecule has 1 saturated heterocycles. The number of hydrogen-bond acceptors (Lipinski definition) is 5. The molecule has 1 fully saturated rings. The van der Waals surface area contributed by atoms with Gasteiger partial charge in [0, 0.05) is 32.2 Å². The van der Waals surface area contributed by atoms with Crippen LogP contribution in [0, 0.1) is 0 Å². The van der Waals surface area contributed by atoms with Crippen LogP contribution in [0.3, 0.4) is 0 Å². The Morgan fingerprint density at radius 2 is 1.90 bits per heavy atom. The molecule has 7 nitrogen and oxygen atoms in total. The summed E-state index contributed by atoms with van der Waals surface area (Å²) >= 11 is 0. The van der Waals surface area contributed by atoms with Crippen LogP contribution in [0.2, 0.25) is 0 Å². The Balaban J connectivity index is 1.88. The zero-order chi connectivity index (χ0) is 15.0. The lowest BCUT2D eigenvalue weighted by atomic mass is 10.2. The Kier molecular flexibility index (Phi) is 3.60. The maximum Gasteiger partial charge on any atom is 0.262 e. The lowest BCUT2D eigenvalue weighted by Gasteiger charge is -2.31. The highest BCUT2D eigenvalue weighted by Crippen LogP contribution is 2.31. The average molecular weight is 311 g/mol. The largest absolute Gasteiger partial charge is 0.482 e. The molecule has 0 spiro atoms. The Bertz CT molecular complexity index is 666. The Morgan fingerprint density at radius 1 is 1.19 bits per heavy atom. The second kappa shape index (κ2) is 5.28. The zero-order valence-electron chi connectivity index (χ0n) is 11.7. The average Bonchev–Trinajstić information content (AvgIpc) is 2.47. The number of amides is 1. The lowest BCUT2D eigenvalue weighted by Crippen LogP contribution is -2.47. The van der Waals surface area contributed by atoms with Crippen molar-refractivity contribution >= 4 is 21.6 Å². The highest BCUT2D eigenvalue weighted by Gasteiger charge is 2.29. The van der Waals surface area contributed by atoms with Gasteiger partial charge in [0.1, 0.15) is 5.75 Å². The minimum absolute atomic E-state index is 0.0923. The molecule has 0 aliphatic carbocycles. The molecule has 3 rings (SSSR count). The van der Waals surface area contributed by atoms with Gasteiger partial charge in [-0.15, -0.1) is 0 Å². The van der Waals surface area contributed by atoms with E-state index in [1.807, 2.05) is 7.05 Å². The molecule has 2 heterocycles. The maximum absolute atomic E-state index is 12.6. The first-order valence-electron chi connectivity index (χ1n) is 6.72. The molecule has 2 aliphatic heterocycles. The van der Waals surface area contributed by atoms with E-state index in [1.165, 1.54) is 16.4 Å². The van der Waals surface area contributed by atoms with E-state index < -0.39 is 10.0 Å². The summed E-state index contributed by atoms with van der Waals surface area (Å²) in [6.45, 7) is 2.31. The fourth-order valence-corrected chi connectivity index (χ4v) is 3.83. The van der Waals surface area contributed by atoms with Gasteiger partial charge in [-0.05, 0) is 19.2 Å². The summed E-state index contributed by atoms with van der Waals surface area (Å²) in [6.07, 6.45) is 0. The molecule has 8 heteroatoms. The van der Waals surface area contributed by atoms with E-state index in [-0.39, 0.29) is 17.4 Å². The van der Waals surface area contributed by atoms with E-state index in [0.717, 1.165) is 13.1 Å². The Morgan fingerprint density at radius 3 is 2.62 bits per heavy atom. The van der Waals surface area contributed by atoms with Crippen molar-refractivity contribution in [1.29, 1.82) is 0 Å². The molecule has 1 N–H and O–H groups in total. The molecule has 0 aromatic heterocycles. The molecule has 0 atom stereocenters. The van der Waals surface area contributed by atoms with Crippen molar-refractivity contribution in [1.82, 2.24) is 9.21 Å². The third-order valence-electron chi connectivity index (χ3n) is 3.69. The number of piperazine rings is 1. The van der Waals surface area contributed by atoms with Gasteiger partial charge in [-0.25, -0.2) is 8.42 Å². The molecule has 1 amide bonds. The number of rotatable bonds is 2. The fourth-order valence-electron chi connectivity index (χ4n) is 2.39. The third-order valence-corrected chi connectivity index (χ3v) is 5.58. The summed E-state index contributed by atoms with van der Waals surface area (Å²) in [5.41, 5.74) is 0.503. The zero-order valence-corrected chi connectivity index (χ0v) is 12.5. The van der Waals surface area contributed by atoms with Crippen molar-refractivity contribution < 1.29 is 17.9 Å². The van der Waals surface area contributed by atoms with Gasteiger partial charge in [0.25, 0.3) is 5.91 Å². The molecule has 1 aromatic rings. The van der Waals surface area contributed by atoms with Crippen molar-refractivity contribution in [2.75, 3.05) is 45.2 Å². The highest BCUT2D eigenvalue weighted by molar-refractivity contribution is 7.89. The Labute approximate surface area is 123 Å². The number of carbonyl (C=O) groups is 1. The summed E-state index contributed by atoms with van der Waals surface area (Å²) in [5.74, 6) is 0.155. The quantitative estimate of drug-likeness (QED) is 0.829. The van der Waals surface area contributed by atoms with E-state index in [0.29, 0.717) is 24.5 Å². The number of fused-ring (bicyclic) bond motifs is 1. The topological polar surface area (TPSA) is 79.0 Å². The number of carbonyl (C=O) groups excluding carboxylic acids is 1. The minimum Gasteiger partial charge on any atom is -0.482 e. The lowest BCUT2D eigenvalue weighted by molar-refractivity contribution is -0.118. The fraction of sp³-hybridized carbons (Fsp3) is 0.462. The molecule has 0 saturated carbocycles. The molecule has 114 valence electrons. The molecule has 0 bridgehead atoms. The first-order chi connectivity index (χ1) is 9.96. The minimum atomic E-state index is -3.52. The first-order valence-corrected chi connectivity index (χ1v) is 8.16. The number of hydrogen-bond donors (Lipinski definition) is 1. The van der Waals surface area contributed by atoms with E-state index in [1.54, 1.807) is 6.07 Å². The van der Waals surface area contributed by atoms with Crippen LogP contribution in [0.4, 0.5) is 5.69 Å². The normalized spacial score (nSPS) is 20.5. The van der Waals surface area contributed by atoms with Crippen LogP contribution in [0.1, 0.15) is 0 Å². The van der Waals surface area contributed by atoms with Gasteiger partial charge in [-0.1, -0.05) is 0 Å². The molecular formula is C13H17N3O4S. The van der Waals surface area contributed by atoms with Crippen molar-refractivity contribution in [3.63, 3.8) is 0 Å². The summed E-state index contributed by atoms with van der Waals surface area (Å²) in [6, 6.07) is 4.54. The number of benzene rings is 1. The summed E-state index contributed by atoms with van der Waals surface area (Å²) in [4.78, 5) is 13.5. The molecule has 2 aliphatic rings. The van der Waals surface area contributed by atoms with Gasteiger partial charge in [0.05, 0.1) is 10.6 Å². The predicted molar refractivity (Wildman–Crippen MR) is 76.8 cm³/mol. The summed E-state index contributed by atoms with van der Waals surface area (Å²) in [7, 11) is -1.55. The van der Waals surface area contributed by atoms with Gasteiger partial charge in [0.2, 0.25) is 10.0 Å². The second-order valence-electron chi connectivity index (χ2n) is 5.20. The summed E-state index contributed by atoms with van der Waals surface area (Å²) < 4.78 is 32.0. The van der Waals surface area contributed by atoms with Gasteiger partial charge in [-0.3, -0.25) is 4.79 Å². The van der Waals surface area contributed by atoms with Crippen LogP contribution >= 0.6 is 0 Å². The SMILES string of the molecule is CN1CCN(S(=O)(=O)c2ccc3c(c2)OCC(=O)N3)CC1. The monoisotopic (exact) mass is 311 g/mol.